The predicted octanol–water partition coefficient (Wildman–Crippen LogP) is 1.28. The third kappa shape index (κ3) is 4.21. The van der Waals surface area contributed by atoms with Gasteiger partial charge in [0.2, 0.25) is 17.6 Å². The van der Waals surface area contributed by atoms with Gasteiger partial charge < -0.3 is 19.3 Å². The predicted molar refractivity (Wildman–Crippen MR) is 81.2 cm³/mol. The van der Waals surface area contributed by atoms with Crippen molar-refractivity contribution in [2.45, 2.75) is 13.2 Å². The van der Waals surface area contributed by atoms with E-state index in [1.54, 1.807) is 0 Å². The highest BCUT2D eigenvalue weighted by Gasteiger charge is 2.20. The molecule has 1 N–H and O–H groups in total. The molecule has 3 rings (SSSR count). The smallest absolute Gasteiger partial charge is 0.387 e. The topological polar surface area (TPSA) is 89.7 Å². The molecule has 0 saturated carbocycles. The molecule has 10 heteroatoms. The fourth-order valence-electron chi connectivity index (χ4n) is 2.45. The van der Waals surface area contributed by atoms with Crippen LogP contribution in [0.2, 0.25) is 0 Å². The number of alkyl halides is 2. The van der Waals surface area contributed by atoms with Gasteiger partial charge in [0.15, 0.2) is 11.5 Å². The Hall–Kier alpha value is -2.75. The lowest BCUT2D eigenvalue weighted by Gasteiger charge is -2.24. The minimum absolute atomic E-state index is 0.0506. The SMILES string of the molecule is COc1cc(-c2noc(CN3CCNC(=O)C3)n2)ccc1OC(F)F. The van der Waals surface area contributed by atoms with E-state index < -0.39 is 6.61 Å². The van der Waals surface area contributed by atoms with Crippen LogP contribution in [0.5, 0.6) is 11.5 Å². The highest BCUT2D eigenvalue weighted by Crippen LogP contribution is 2.32. The summed E-state index contributed by atoms with van der Waals surface area (Å²) in [7, 11) is 1.35. The lowest BCUT2D eigenvalue weighted by molar-refractivity contribution is -0.124. The molecule has 2 heterocycles. The monoisotopic (exact) mass is 354 g/mol. The van der Waals surface area contributed by atoms with Crippen molar-refractivity contribution in [1.82, 2.24) is 20.4 Å². The summed E-state index contributed by atoms with van der Waals surface area (Å²) in [5.74, 6) is 0.654. The average Bonchev–Trinajstić information content (AvgIpc) is 3.03. The molecule has 1 aromatic heterocycles. The molecule has 0 unspecified atom stereocenters. The number of piperazine rings is 1. The summed E-state index contributed by atoms with van der Waals surface area (Å²) in [5, 5.41) is 6.61. The number of amides is 1. The zero-order valence-electron chi connectivity index (χ0n) is 13.4. The summed E-state index contributed by atoms with van der Waals surface area (Å²) in [4.78, 5) is 17.5. The number of aromatic nitrogens is 2. The number of methoxy groups -OCH3 is 1. The molecule has 8 nitrogen and oxygen atoms in total. The second-order valence-corrected chi connectivity index (χ2v) is 5.32. The number of rotatable bonds is 6. The summed E-state index contributed by atoms with van der Waals surface area (Å²) in [5.41, 5.74) is 0.532. The number of ether oxygens (including phenoxy) is 2. The van der Waals surface area contributed by atoms with Crippen molar-refractivity contribution in [2.24, 2.45) is 0 Å². The lowest BCUT2D eigenvalue weighted by Crippen LogP contribution is -2.47. The Morgan fingerprint density at radius 1 is 1.40 bits per heavy atom. The first-order valence-corrected chi connectivity index (χ1v) is 7.50. The van der Waals surface area contributed by atoms with E-state index in [0.717, 1.165) is 0 Å². The zero-order valence-corrected chi connectivity index (χ0v) is 13.4. The van der Waals surface area contributed by atoms with Crippen molar-refractivity contribution in [3.05, 3.63) is 24.1 Å². The van der Waals surface area contributed by atoms with Gasteiger partial charge in [0.1, 0.15) is 0 Å². The number of nitrogens with one attached hydrogen (secondary N) is 1. The molecular weight excluding hydrogens is 338 g/mol. The summed E-state index contributed by atoms with van der Waals surface area (Å²) in [6.07, 6.45) is 0. The minimum Gasteiger partial charge on any atom is -0.493 e. The second kappa shape index (κ2) is 7.43. The van der Waals surface area contributed by atoms with Gasteiger partial charge in [-0.1, -0.05) is 5.16 Å². The van der Waals surface area contributed by atoms with Crippen LogP contribution < -0.4 is 14.8 Å². The van der Waals surface area contributed by atoms with Gasteiger partial charge in [0.25, 0.3) is 0 Å². The number of hydrogen-bond donors (Lipinski definition) is 1. The molecule has 1 amide bonds. The molecule has 0 bridgehead atoms. The molecule has 0 radical (unpaired) electrons. The molecule has 0 spiro atoms. The van der Waals surface area contributed by atoms with E-state index in [4.69, 9.17) is 9.26 Å². The molecule has 1 aliphatic heterocycles. The van der Waals surface area contributed by atoms with Crippen molar-refractivity contribution in [2.75, 3.05) is 26.7 Å². The summed E-state index contributed by atoms with van der Waals surface area (Å²) < 4.78 is 39.4. The summed E-state index contributed by atoms with van der Waals surface area (Å²) in [6, 6.07) is 4.37. The fraction of sp³-hybridized carbons (Fsp3) is 0.400. The average molecular weight is 354 g/mol. The Morgan fingerprint density at radius 2 is 2.24 bits per heavy atom. The first kappa shape index (κ1) is 17.1. The molecular formula is C15H16F2N4O4. The van der Waals surface area contributed by atoms with Crippen LogP contribution in [-0.2, 0) is 11.3 Å². The highest BCUT2D eigenvalue weighted by atomic mass is 19.3. The maximum Gasteiger partial charge on any atom is 0.387 e. The van der Waals surface area contributed by atoms with Gasteiger partial charge in [-0.15, -0.1) is 0 Å². The summed E-state index contributed by atoms with van der Waals surface area (Å²) >= 11 is 0. The second-order valence-electron chi connectivity index (χ2n) is 5.32. The van der Waals surface area contributed by atoms with Gasteiger partial charge in [0, 0.05) is 18.7 Å². The van der Waals surface area contributed by atoms with Gasteiger partial charge >= 0.3 is 6.61 Å². The van der Waals surface area contributed by atoms with Gasteiger partial charge in [-0.2, -0.15) is 13.8 Å². The van der Waals surface area contributed by atoms with Crippen molar-refractivity contribution in [3.8, 4) is 22.9 Å². The van der Waals surface area contributed by atoms with Gasteiger partial charge in [-0.05, 0) is 18.2 Å². The minimum atomic E-state index is -2.95. The molecule has 25 heavy (non-hydrogen) atoms. The number of carbonyl (C=O) groups excluding carboxylic acids is 1. The summed E-state index contributed by atoms with van der Waals surface area (Å²) in [6.45, 7) is -1.06. The van der Waals surface area contributed by atoms with Crippen LogP contribution in [0.15, 0.2) is 22.7 Å². The number of nitrogens with zero attached hydrogens (tertiary/aromatic N) is 3. The normalized spacial score (nSPS) is 15.3. The van der Waals surface area contributed by atoms with Crippen molar-refractivity contribution in [1.29, 1.82) is 0 Å². The molecule has 2 aromatic rings. The van der Waals surface area contributed by atoms with Crippen LogP contribution in [0, 0.1) is 0 Å². The number of halogens is 2. The highest BCUT2D eigenvalue weighted by molar-refractivity contribution is 5.78. The van der Waals surface area contributed by atoms with E-state index in [9.17, 15) is 13.6 Å². The maximum atomic E-state index is 12.4. The van der Waals surface area contributed by atoms with Crippen LogP contribution in [0.3, 0.4) is 0 Å². The van der Waals surface area contributed by atoms with Gasteiger partial charge in [-0.3, -0.25) is 9.69 Å². The van der Waals surface area contributed by atoms with E-state index in [2.05, 4.69) is 20.2 Å². The number of carbonyl (C=O) groups is 1. The van der Waals surface area contributed by atoms with Gasteiger partial charge in [-0.25, -0.2) is 0 Å². The molecule has 1 aromatic carbocycles. The van der Waals surface area contributed by atoms with Crippen LogP contribution >= 0.6 is 0 Å². The largest absolute Gasteiger partial charge is 0.493 e. The first-order valence-electron chi connectivity index (χ1n) is 7.50. The third-order valence-electron chi connectivity index (χ3n) is 3.58. The van der Waals surface area contributed by atoms with Crippen LogP contribution in [0.1, 0.15) is 5.89 Å². The van der Waals surface area contributed by atoms with Crippen LogP contribution in [-0.4, -0.2) is 54.3 Å². The quantitative estimate of drug-likeness (QED) is 0.836. The Labute approximate surface area is 141 Å². The standard InChI is InChI=1S/C15H16F2N4O4/c1-23-11-6-9(2-3-10(11)24-15(16)17)14-19-13(25-20-14)8-21-5-4-18-12(22)7-21/h2-3,6,15H,4-5,7-8H2,1H3,(H,18,22). The Morgan fingerprint density at radius 3 is 2.96 bits per heavy atom. The van der Waals surface area contributed by atoms with E-state index >= 15 is 0 Å². The molecule has 134 valence electrons. The molecule has 0 atom stereocenters. The van der Waals surface area contributed by atoms with E-state index in [-0.39, 0.29) is 24.0 Å². The number of hydrogen-bond acceptors (Lipinski definition) is 7. The number of benzene rings is 1. The molecule has 1 aliphatic rings. The molecule has 0 aliphatic carbocycles. The maximum absolute atomic E-state index is 12.4. The van der Waals surface area contributed by atoms with Crippen molar-refractivity contribution < 1.29 is 27.6 Å². The Balaban J connectivity index is 1.74. The van der Waals surface area contributed by atoms with Gasteiger partial charge in [0.05, 0.1) is 20.2 Å². The van der Waals surface area contributed by atoms with Crippen LogP contribution in [0.25, 0.3) is 11.4 Å². The molecule has 1 saturated heterocycles. The third-order valence-corrected chi connectivity index (χ3v) is 3.58. The van der Waals surface area contributed by atoms with Crippen molar-refractivity contribution >= 4 is 5.91 Å². The van der Waals surface area contributed by atoms with E-state index in [1.165, 1.54) is 25.3 Å². The fourth-order valence-corrected chi connectivity index (χ4v) is 2.45. The molecule has 1 fully saturated rings. The zero-order chi connectivity index (χ0) is 17.8. The Kier molecular flexibility index (Phi) is 5.08. The van der Waals surface area contributed by atoms with Crippen LogP contribution in [0.4, 0.5) is 8.78 Å². The van der Waals surface area contributed by atoms with E-state index in [1.807, 2.05) is 4.90 Å². The van der Waals surface area contributed by atoms with E-state index in [0.29, 0.717) is 36.9 Å². The first-order chi connectivity index (χ1) is 12.0. The lowest BCUT2D eigenvalue weighted by atomic mass is 10.2. The van der Waals surface area contributed by atoms with Crippen molar-refractivity contribution in [3.63, 3.8) is 0 Å². The Bertz CT molecular complexity index is 753.